The molecule has 112 valence electrons. The van der Waals surface area contributed by atoms with Crippen LogP contribution in [0.5, 0.6) is 0 Å². The van der Waals surface area contributed by atoms with Crippen LogP contribution in [0.3, 0.4) is 0 Å². The molecule has 2 aromatic rings. The number of benzene rings is 2. The molecule has 0 spiro atoms. The smallest absolute Gasteiger partial charge is 0.0322 e. The molecule has 2 nitrogen and oxygen atoms in total. The summed E-state index contributed by atoms with van der Waals surface area (Å²) in [5, 5.41) is 0. The minimum atomic E-state index is 0.241. The third kappa shape index (κ3) is 4.16. The van der Waals surface area contributed by atoms with Crippen LogP contribution in [0.2, 0.25) is 0 Å². The highest BCUT2D eigenvalue weighted by Crippen LogP contribution is 2.31. The summed E-state index contributed by atoms with van der Waals surface area (Å²) in [6.45, 7) is 4.52. The summed E-state index contributed by atoms with van der Waals surface area (Å²) in [6, 6.07) is 21.5. The average molecular weight is 282 g/mol. The molecule has 0 amide bonds. The first-order valence-corrected chi connectivity index (χ1v) is 7.82. The quantitative estimate of drug-likeness (QED) is 0.593. The normalized spacial score (nSPS) is 14.1. The lowest BCUT2D eigenvalue weighted by molar-refractivity contribution is 0.372. The summed E-state index contributed by atoms with van der Waals surface area (Å²) in [5.41, 5.74) is 5.69. The first-order valence-electron chi connectivity index (χ1n) is 7.82. The van der Waals surface area contributed by atoms with E-state index in [4.69, 9.17) is 5.84 Å². The molecule has 0 aliphatic carbocycles. The molecule has 0 bridgehead atoms. The SMILES string of the molecule is CCC(C)CC(NN)C(c1ccccc1)c1ccccc1. The van der Waals surface area contributed by atoms with Gasteiger partial charge in [0.1, 0.15) is 0 Å². The lowest BCUT2D eigenvalue weighted by atomic mass is 9.81. The number of hydrogen-bond acceptors (Lipinski definition) is 2. The molecule has 0 fully saturated rings. The topological polar surface area (TPSA) is 38.0 Å². The highest BCUT2D eigenvalue weighted by Gasteiger charge is 2.25. The molecule has 0 aliphatic heterocycles. The van der Waals surface area contributed by atoms with Crippen LogP contribution in [0.15, 0.2) is 60.7 Å². The Bertz CT molecular complexity index is 470. The van der Waals surface area contributed by atoms with Gasteiger partial charge in [-0.1, -0.05) is 80.9 Å². The first kappa shape index (κ1) is 15.7. The third-order valence-corrected chi connectivity index (χ3v) is 4.29. The van der Waals surface area contributed by atoms with Crippen molar-refractivity contribution < 1.29 is 0 Å². The van der Waals surface area contributed by atoms with E-state index >= 15 is 0 Å². The molecule has 2 unspecified atom stereocenters. The molecule has 0 saturated heterocycles. The largest absolute Gasteiger partial charge is 0.271 e. The zero-order valence-corrected chi connectivity index (χ0v) is 13.0. The zero-order chi connectivity index (χ0) is 15.1. The van der Waals surface area contributed by atoms with Gasteiger partial charge < -0.3 is 0 Å². The molecule has 2 heteroatoms. The average Bonchev–Trinajstić information content (AvgIpc) is 2.56. The molecule has 0 aromatic heterocycles. The van der Waals surface area contributed by atoms with Crippen LogP contribution < -0.4 is 11.3 Å². The van der Waals surface area contributed by atoms with Crippen molar-refractivity contribution in [1.29, 1.82) is 0 Å². The maximum atomic E-state index is 5.90. The van der Waals surface area contributed by atoms with Gasteiger partial charge in [0.2, 0.25) is 0 Å². The lowest BCUT2D eigenvalue weighted by Gasteiger charge is -2.29. The number of hydrazine groups is 1. The Kier molecular flexibility index (Phi) is 5.97. The second-order valence-corrected chi connectivity index (χ2v) is 5.82. The molecular weight excluding hydrogens is 256 g/mol. The third-order valence-electron chi connectivity index (χ3n) is 4.29. The van der Waals surface area contributed by atoms with Crippen LogP contribution in [0.25, 0.3) is 0 Å². The van der Waals surface area contributed by atoms with E-state index in [9.17, 15) is 0 Å². The van der Waals surface area contributed by atoms with Gasteiger partial charge >= 0.3 is 0 Å². The van der Waals surface area contributed by atoms with Crippen molar-refractivity contribution in [2.24, 2.45) is 11.8 Å². The Morgan fingerprint density at radius 3 is 1.76 bits per heavy atom. The minimum absolute atomic E-state index is 0.241. The van der Waals surface area contributed by atoms with Crippen LogP contribution in [0.1, 0.15) is 43.7 Å². The molecule has 2 aromatic carbocycles. The van der Waals surface area contributed by atoms with Crippen LogP contribution >= 0.6 is 0 Å². The Labute approximate surface area is 128 Å². The molecule has 0 aliphatic rings. The number of nitrogens with one attached hydrogen (secondary N) is 1. The van der Waals surface area contributed by atoms with Crippen molar-refractivity contribution in [3.63, 3.8) is 0 Å². The van der Waals surface area contributed by atoms with Gasteiger partial charge in [0.25, 0.3) is 0 Å². The predicted octanol–water partition coefficient (Wildman–Crippen LogP) is 4.09. The molecule has 3 N–H and O–H groups in total. The monoisotopic (exact) mass is 282 g/mol. The zero-order valence-electron chi connectivity index (χ0n) is 13.0. The van der Waals surface area contributed by atoms with Gasteiger partial charge in [-0.2, -0.15) is 0 Å². The highest BCUT2D eigenvalue weighted by atomic mass is 15.2. The predicted molar refractivity (Wildman–Crippen MR) is 89.9 cm³/mol. The molecule has 0 saturated carbocycles. The maximum Gasteiger partial charge on any atom is 0.0322 e. The van der Waals surface area contributed by atoms with Gasteiger partial charge in [-0.15, -0.1) is 0 Å². The molecule has 21 heavy (non-hydrogen) atoms. The van der Waals surface area contributed by atoms with Crippen molar-refractivity contribution in [2.75, 3.05) is 0 Å². The van der Waals surface area contributed by atoms with Gasteiger partial charge in [-0.3, -0.25) is 11.3 Å². The van der Waals surface area contributed by atoms with Crippen LogP contribution in [0.4, 0.5) is 0 Å². The van der Waals surface area contributed by atoms with E-state index in [1.54, 1.807) is 0 Å². The fourth-order valence-electron chi connectivity index (χ4n) is 2.88. The van der Waals surface area contributed by atoms with Crippen LogP contribution in [-0.4, -0.2) is 6.04 Å². The van der Waals surface area contributed by atoms with Gasteiger partial charge in [0, 0.05) is 12.0 Å². The van der Waals surface area contributed by atoms with E-state index in [1.807, 2.05) is 0 Å². The Morgan fingerprint density at radius 2 is 1.38 bits per heavy atom. The van der Waals surface area contributed by atoms with Gasteiger partial charge in [-0.05, 0) is 23.5 Å². The van der Waals surface area contributed by atoms with E-state index in [2.05, 4.69) is 79.9 Å². The summed E-state index contributed by atoms with van der Waals surface area (Å²) < 4.78 is 0. The second kappa shape index (κ2) is 7.96. The molecular formula is C19H26N2. The summed E-state index contributed by atoms with van der Waals surface area (Å²) in [6.07, 6.45) is 2.25. The maximum absolute atomic E-state index is 5.90. The van der Waals surface area contributed by atoms with Gasteiger partial charge in [0.15, 0.2) is 0 Å². The Hall–Kier alpha value is -1.64. The summed E-state index contributed by atoms with van der Waals surface area (Å²) in [4.78, 5) is 0. The minimum Gasteiger partial charge on any atom is -0.271 e. The molecule has 0 radical (unpaired) electrons. The standard InChI is InChI=1S/C19H26N2/c1-3-15(2)14-18(21-20)19(16-10-6-4-7-11-16)17-12-8-5-9-13-17/h4-13,15,18-19,21H,3,14,20H2,1-2H3. The first-order chi connectivity index (χ1) is 10.3. The Morgan fingerprint density at radius 1 is 0.905 bits per heavy atom. The van der Waals surface area contributed by atoms with Crippen molar-refractivity contribution in [3.05, 3.63) is 71.8 Å². The van der Waals surface area contributed by atoms with Crippen molar-refractivity contribution in [2.45, 2.75) is 38.6 Å². The van der Waals surface area contributed by atoms with Crippen LogP contribution in [0, 0.1) is 5.92 Å². The van der Waals surface area contributed by atoms with E-state index in [0.717, 1.165) is 6.42 Å². The fourth-order valence-corrected chi connectivity index (χ4v) is 2.88. The van der Waals surface area contributed by atoms with E-state index in [0.29, 0.717) is 5.92 Å². The number of rotatable bonds is 7. The molecule has 0 heterocycles. The van der Waals surface area contributed by atoms with Crippen molar-refractivity contribution >= 4 is 0 Å². The summed E-state index contributed by atoms with van der Waals surface area (Å²) in [7, 11) is 0. The highest BCUT2D eigenvalue weighted by molar-refractivity contribution is 5.34. The Balaban J connectivity index is 2.35. The van der Waals surface area contributed by atoms with Crippen molar-refractivity contribution in [3.8, 4) is 0 Å². The van der Waals surface area contributed by atoms with Gasteiger partial charge in [-0.25, -0.2) is 0 Å². The molecule has 2 rings (SSSR count). The number of nitrogens with two attached hydrogens (primary N) is 1. The van der Waals surface area contributed by atoms with Crippen molar-refractivity contribution in [1.82, 2.24) is 5.43 Å². The van der Waals surface area contributed by atoms with E-state index in [1.165, 1.54) is 17.5 Å². The summed E-state index contributed by atoms with van der Waals surface area (Å²) in [5.74, 6) is 6.84. The van der Waals surface area contributed by atoms with E-state index < -0.39 is 0 Å². The van der Waals surface area contributed by atoms with Crippen LogP contribution in [-0.2, 0) is 0 Å². The summed E-state index contributed by atoms with van der Waals surface area (Å²) >= 11 is 0. The van der Waals surface area contributed by atoms with E-state index in [-0.39, 0.29) is 12.0 Å². The fraction of sp³-hybridized carbons (Fsp3) is 0.368. The molecule has 2 atom stereocenters. The number of hydrogen-bond donors (Lipinski definition) is 2. The van der Waals surface area contributed by atoms with Gasteiger partial charge in [0.05, 0.1) is 0 Å². The lowest BCUT2D eigenvalue weighted by Crippen LogP contribution is -2.41. The second-order valence-electron chi connectivity index (χ2n) is 5.82.